The third-order valence-corrected chi connectivity index (χ3v) is 7.43. The van der Waals surface area contributed by atoms with Gasteiger partial charge in [-0.15, -0.1) is 11.8 Å². The molecule has 12 heteroatoms. The summed E-state index contributed by atoms with van der Waals surface area (Å²) in [5.41, 5.74) is 2.17. The van der Waals surface area contributed by atoms with Crippen molar-refractivity contribution in [3.8, 4) is 5.75 Å². The first kappa shape index (κ1) is 27.3. The number of amides is 2. The highest BCUT2D eigenvalue weighted by Crippen LogP contribution is 2.41. The molecule has 5 rings (SSSR count). The van der Waals surface area contributed by atoms with Crippen LogP contribution in [-0.2, 0) is 25.7 Å². The number of esters is 1. The monoisotopic (exact) mass is 563 g/mol. The summed E-state index contributed by atoms with van der Waals surface area (Å²) in [4.78, 5) is 44.6. The number of hydrogen-bond donors (Lipinski definition) is 1. The smallest absolute Gasteiger partial charge is 0.408 e. The number of ether oxygens (including phenoxy) is 3. The maximum absolute atomic E-state index is 13.4. The lowest BCUT2D eigenvalue weighted by Crippen LogP contribution is -2.70. The molecule has 2 aliphatic rings. The molecule has 0 unspecified atom stereocenters. The SMILES string of the molecule is COc1ccc(COC(=O)C2=C(/C=C\c3ccc4nccn4n3)CS[C@@H]3[C@H](NC(=O)OC(C)(C)C)C(=O)N23)cc1. The molecule has 0 radical (unpaired) electrons. The summed E-state index contributed by atoms with van der Waals surface area (Å²) in [6, 6.07) is 9.99. The molecule has 0 aliphatic carbocycles. The quantitative estimate of drug-likeness (QED) is 0.339. The van der Waals surface area contributed by atoms with Gasteiger partial charge in [-0.25, -0.2) is 19.1 Å². The van der Waals surface area contributed by atoms with Gasteiger partial charge in [-0.3, -0.25) is 9.69 Å². The van der Waals surface area contributed by atoms with Crippen molar-refractivity contribution in [1.29, 1.82) is 0 Å². The van der Waals surface area contributed by atoms with Crippen LogP contribution in [0.2, 0.25) is 0 Å². The average Bonchev–Trinajstić information content (AvgIpc) is 3.40. The van der Waals surface area contributed by atoms with Gasteiger partial charge in [-0.2, -0.15) is 5.10 Å². The lowest BCUT2D eigenvalue weighted by atomic mass is 10.0. The topological polar surface area (TPSA) is 124 Å². The number of carbonyl (C=O) groups is 3. The molecule has 3 aromatic rings. The van der Waals surface area contributed by atoms with Crippen LogP contribution >= 0.6 is 11.8 Å². The number of fused-ring (bicyclic) bond motifs is 2. The van der Waals surface area contributed by atoms with Crippen LogP contribution in [0.4, 0.5) is 4.79 Å². The van der Waals surface area contributed by atoms with Crippen LogP contribution < -0.4 is 10.1 Å². The molecular formula is C28H29N5O6S. The Morgan fingerprint density at radius 1 is 1.15 bits per heavy atom. The second kappa shape index (κ2) is 11.0. The summed E-state index contributed by atoms with van der Waals surface area (Å²) in [5.74, 6) is 0.0540. The highest BCUT2D eigenvalue weighted by molar-refractivity contribution is 8.00. The summed E-state index contributed by atoms with van der Waals surface area (Å²) >= 11 is 1.44. The second-order valence-electron chi connectivity index (χ2n) is 10.2. The van der Waals surface area contributed by atoms with Gasteiger partial charge in [0.05, 0.1) is 12.8 Å². The highest BCUT2D eigenvalue weighted by atomic mass is 32.2. The van der Waals surface area contributed by atoms with Crippen LogP contribution in [0.5, 0.6) is 5.75 Å². The molecule has 1 aromatic carbocycles. The molecule has 0 bridgehead atoms. The zero-order valence-electron chi connectivity index (χ0n) is 22.5. The first-order valence-electron chi connectivity index (χ1n) is 12.6. The number of imidazole rings is 1. The lowest BCUT2D eigenvalue weighted by Gasteiger charge is -2.49. The van der Waals surface area contributed by atoms with E-state index in [0.717, 1.165) is 5.56 Å². The molecule has 1 N–H and O–H groups in total. The number of hydrogen-bond acceptors (Lipinski definition) is 9. The van der Waals surface area contributed by atoms with E-state index in [1.54, 1.807) is 81.2 Å². The molecule has 0 spiro atoms. The van der Waals surface area contributed by atoms with Gasteiger partial charge in [0, 0.05) is 18.1 Å². The van der Waals surface area contributed by atoms with Crippen LogP contribution in [0.3, 0.4) is 0 Å². The third kappa shape index (κ3) is 5.81. The van der Waals surface area contributed by atoms with Gasteiger partial charge >= 0.3 is 12.1 Å². The van der Waals surface area contributed by atoms with E-state index in [1.807, 2.05) is 12.1 Å². The first-order valence-corrected chi connectivity index (χ1v) is 13.6. The molecule has 1 fully saturated rings. The van der Waals surface area contributed by atoms with Gasteiger partial charge in [-0.05, 0) is 62.2 Å². The first-order chi connectivity index (χ1) is 19.1. The molecule has 2 aromatic heterocycles. The number of rotatable bonds is 7. The van der Waals surface area contributed by atoms with Gasteiger partial charge in [0.1, 0.15) is 35.1 Å². The van der Waals surface area contributed by atoms with E-state index < -0.39 is 35.0 Å². The fourth-order valence-electron chi connectivity index (χ4n) is 4.24. The van der Waals surface area contributed by atoms with Crippen LogP contribution in [-0.4, -0.2) is 67.3 Å². The van der Waals surface area contributed by atoms with Crippen molar-refractivity contribution in [3.05, 3.63) is 77.4 Å². The Labute approximate surface area is 235 Å². The highest BCUT2D eigenvalue weighted by Gasteiger charge is 2.54. The maximum Gasteiger partial charge on any atom is 0.408 e. The second-order valence-corrected chi connectivity index (χ2v) is 11.3. The summed E-state index contributed by atoms with van der Waals surface area (Å²) in [5, 5.41) is 6.66. The van der Waals surface area contributed by atoms with Crippen LogP contribution in [0.25, 0.3) is 11.7 Å². The Kier molecular flexibility index (Phi) is 7.53. The standard InChI is InChI=1S/C28H29N5O6S/c1-28(2,3)39-27(36)30-22-24(34)33-23(26(35)38-15-17-5-10-20(37-4)11-6-17)18(16-40-25(22)33)7-8-19-9-12-21-29-13-14-32(21)31-19/h5-14,22,25H,15-16H2,1-4H3,(H,30,36)/b8-7-/t22-,25-/m1/s1. The molecule has 11 nitrogen and oxygen atoms in total. The van der Waals surface area contributed by atoms with E-state index >= 15 is 0 Å². The third-order valence-electron chi connectivity index (χ3n) is 6.12. The van der Waals surface area contributed by atoms with Gasteiger partial charge in [0.25, 0.3) is 5.91 Å². The predicted octanol–water partition coefficient (Wildman–Crippen LogP) is 3.56. The normalized spacial score (nSPS) is 18.9. The molecule has 0 saturated carbocycles. The number of alkyl carbamates (subject to hydrolysis) is 1. The van der Waals surface area contributed by atoms with Crippen LogP contribution in [0.1, 0.15) is 32.0 Å². The average molecular weight is 564 g/mol. The minimum absolute atomic E-state index is 0.0155. The predicted molar refractivity (Wildman–Crippen MR) is 148 cm³/mol. The largest absolute Gasteiger partial charge is 0.497 e. The van der Waals surface area contributed by atoms with E-state index in [-0.39, 0.29) is 12.3 Å². The molecule has 2 atom stereocenters. The molecule has 208 valence electrons. The van der Waals surface area contributed by atoms with E-state index in [0.29, 0.717) is 28.4 Å². The molecule has 40 heavy (non-hydrogen) atoms. The van der Waals surface area contributed by atoms with Crippen molar-refractivity contribution in [2.45, 2.75) is 44.4 Å². The van der Waals surface area contributed by atoms with Crippen molar-refractivity contribution in [2.75, 3.05) is 12.9 Å². The summed E-state index contributed by atoms with van der Waals surface area (Å²) in [6.45, 7) is 5.25. The van der Waals surface area contributed by atoms with Gasteiger partial charge < -0.3 is 19.5 Å². The van der Waals surface area contributed by atoms with E-state index in [1.165, 1.54) is 16.7 Å². The van der Waals surface area contributed by atoms with E-state index in [2.05, 4.69) is 15.4 Å². The number of nitrogens with one attached hydrogen (secondary N) is 1. The number of aromatic nitrogens is 3. The molecule has 4 heterocycles. The summed E-state index contributed by atoms with van der Waals surface area (Å²) in [6.07, 6.45) is 6.24. The molecule has 2 aliphatic heterocycles. The molecular weight excluding hydrogens is 534 g/mol. The Morgan fingerprint density at radius 2 is 1.93 bits per heavy atom. The Hall–Kier alpha value is -4.32. The Bertz CT molecular complexity index is 1510. The number of carbonyl (C=O) groups excluding carboxylic acids is 3. The van der Waals surface area contributed by atoms with Crippen LogP contribution in [0, 0.1) is 0 Å². The number of allylic oxidation sites excluding steroid dienone is 1. The van der Waals surface area contributed by atoms with E-state index in [9.17, 15) is 14.4 Å². The minimum Gasteiger partial charge on any atom is -0.497 e. The van der Waals surface area contributed by atoms with Gasteiger partial charge in [0.2, 0.25) is 0 Å². The number of thioether (sulfide) groups is 1. The number of nitrogens with zero attached hydrogens (tertiary/aromatic N) is 4. The summed E-state index contributed by atoms with van der Waals surface area (Å²) in [7, 11) is 1.58. The number of methoxy groups -OCH3 is 1. The zero-order chi connectivity index (χ0) is 28.4. The zero-order valence-corrected chi connectivity index (χ0v) is 23.3. The lowest BCUT2D eigenvalue weighted by molar-refractivity contribution is -0.152. The van der Waals surface area contributed by atoms with Crippen molar-refractivity contribution in [2.24, 2.45) is 0 Å². The van der Waals surface area contributed by atoms with Gasteiger partial charge in [0.15, 0.2) is 5.65 Å². The molecule has 2 amide bonds. The number of benzene rings is 1. The number of β-lactam (4-membered cyclic amide) rings is 1. The summed E-state index contributed by atoms with van der Waals surface area (Å²) < 4.78 is 17.8. The van der Waals surface area contributed by atoms with Crippen molar-refractivity contribution >= 4 is 41.5 Å². The van der Waals surface area contributed by atoms with Gasteiger partial charge in [-0.1, -0.05) is 18.2 Å². The Morgan fingerprint density at radius 3 is 2.65 bits per heavy atom. The minimum atomic E-state index is -0.819. The fourth-order valence-corrected chi connectivity index (χ4v) is 5.56. The maximum atomic E-state index is 13.4. The van der Waals surface area contributed by atoms with Crippen molar-refractivity contribution in [3.63, 3.8) is 0 Å². The van der Waals surface area contributed by atoms with Crippen molar-refractivity contribution < 1.29 is 28.6 Å². The molecule has 1 saturated heterocycles. The van der Waals surface area contributed by atoms with Crippen molar-refractivity contribution in [1.82, 2.24) is 24.8 Å². The fraction of sp³-hybridized carbons (Fsp3) is 0.321. The van der Waals surface area contributed by atoms with Crippen LogP contribution in [0.15, 0.2) is 66.1 Å². The van der Waals surface area contributed by atoms with E-state index in [4.69, 9.17) is 14.2 Å². The Balaban J connectivity index is 1.38.